The van der Waals surface area contributed by atoms with E-state index in [0.29, 0.717) is 5.69 Å². The summed E-state index contributed by atoms with van der Waals surface area (Å²) >= 11 is 0. The molecule has 0 unspecified atom stereocenters. The maximum atomic E-state index is 12.9. The molecule has 0 aliphatic heterocycles. The third-order valence-corrected chi connectivity index (χ3v) is 2.39. The standard InChI is InChI=1S/C11H15FN2O2/c1-3-4-7-13(2)10-6-5-9(12)8-11(10)14(15)16/h5-6,8H,3-4,7H2,1-2H3. The van der Waals surface area contributed by atoms with Crippen molar-refractivity contribution in [1.29, 1.82) is 0 Å². The Morgan fingerprint density at radius 1 is 1.50 bits per heavy atom. The monoisotopic (exact) mass is 226 g/mol. The smallest absolute Gasteiger partial charge is 0.295 e. The van der Waals surface area contributed by atoms with Gasteiger partial charge in [0.1, 0.15) is 11.5 Å². The fraction of sp³-hybridized carbons (Fsp3) is 0.455. The van der Waals surface area contributed by atoms with Gasteiger partial charge in [-0.15, -0.1) is 0 Å². The minimum Gasteiger partial charge on any atom is -0.369 e. The molecule has 1 rings (SSSR count). The summed E-state index contributed by atoms with van der Waals surface area (Å²) in [5.74, 6) is -0.584. The molecule has 0 N–H and O–H groups in total. The summed E-state index contributed by atoms with van der Waals surface area (Å²) in [6.07, 6.45) is 1.96. The summed E-state index contributed by atoms with van der Waals surface area (Å²) < 4.78 is 12.9. The number of unbranched alkanes of at least 4 members (excludes halogenated alkanes) is 1. The van der Waals surface area contributed by atoms with Crippen LogP contribution in [0.25, 0.3) is 0 Å². The first-order chi connectivity index (χ1) is 7.56. The fourth-order valence-corrected chi connectivity index (χ4v) is 1.48. The minimum absolute atomic E-state index is 0.182. The van der Waals surface area contributed by atoms with Crippen LogP contribution < -0.4 is 4.90 Å². The van der Waals surface area contributed by atoms with Crippen molar-refractivity contribution in [2.75, 3.05) is 18.5 Å². The van der Waals surface area contributed by atoms with Crippen LogP contribution in [0, 0.1) is 15.9 Å². The lowest BCUT2D eigenvalue weighted by molar-refractivity contribution is -0.384. The number of hydrogen-bond acceptors (Lipinski definition) is 3. The minimum atomic E-state index is -0.584. The molecule has 16 heavy (non-hydrogen) atoms. The topological polar surface area (TPSA) is 46.4 Å². The molecule has 1 aromatic carbocycles. The molecule has 0 aliphatic carbocycles. The van der Waals surface area contributed by atoms with E-state index in [4.69, 9.17) is 0 Å². The van der Waals surface area contributed by atoms with Crippen molar-refractivity contribution in [3.8, 4) is 0 Å². The van der Waals surface area contributed by atoms with Gasteiger partial charge in [0, 0.05) is 13.6 Å². The van der Waals surface area contributed by atoms with Crippen LogP contribution in [0.3, 0.4) is 0 Å². The van der Waals surface area contributed by atoms with Crippen molar-refractivity contribution in [3.63, 3.8) is 0 Å². The summed E-state index contributed by atoms with van der Waals surface area (Å²) in [5.41, 5.74) is 0.276. The van der Waals surface area contributed by atoms with Crippen molar-refractivity contribution in [2.45, 2.75) is 19.8 Å². The van der Waals surface area contributed by atoms with Gasteiger partial charge in [0.25, 0.3) is 5.69 Å². The molecule has 0 radical (unpaired) electrons. The predicted octanol–water partition coefficient (Wildman–Crippen LogP) is 2.97. The van der Waals surface area contributed by atoms with Crippen molar-refractivity contribution in [1.82, 2.24) is 0 Å². The molecule has 1 aromatic rings. The highest BCUT2D eigenvalue weighted by molar-refractivity contribution is 5.62. The number of rotatable bonds is 5. The fourth-order valence-electron chi connectivity index (χ4n) is 1.48. The molecule has 4 nitrogen and oxygen atoms in total. The van der Waals surface area contributed by atoms with Gasteiger partial charge in [0.05, 0.1) is 11.0 Å². The highest BCUT2D eigenvalue weighted by atomic mass is 19.1. The van der Waals surface area contributed by atoms with Crippen molar-refractivity contribution < 1.29 is 9.31 Å². The van der Waals surface area contributed by atoms with Gasteiger partial charge in [-0.3, -0.25) is 10.1 Å². The largest absolute Gasteiger partial charge is 0.369 e. The number of hydrogen-bond donors (Lipinski definition) is 0. The van der Waals surface area contributed by atoms with Crippen LogP contribution >= 0.6 is 0 Å². The molecule has 5 heteroatoms. The maximum Gasteiger partial charge on any atom is 0.295 e. The van der Waals surface area contributed by atoms with Crippen LogP contribution in [0.4, 0.5) is 15.8 Å². The quantitative estimate of drug-likeness (QED) is 0.572. The van der Waals surface area contributed by atoms with Crippen molar-refractivity contribution >= 4 is 11.4 Å². The zero-order valence-corrected chi connectivity index (χ0v) is 9.44. The Bertz CT molecular complexity index is 382. The van der Waals surface area contributed by atoms with E-state index >= 15 is 0 Å². The van der Waals surface area contributed by atoms with E-state index in [1.165, 1.54) is 12.1 Å². The van der Waals surface area contributed by atoms with E-state index in [1.54, 1.807) is 11.9 Å². The van der Waals surface area contributed by atoms with Gasteiger partial charge in [-0.25, -0.2) is 4.39 Å². The Balaban J connectivity index is 2.98. The molecule has 0 aromatic heterocycles. The second-order valence-corrected chi connectivity index (χ2v) is 3.67. The highest BCUT2D eigenvalue weighted by Crippen LogP contribution is 2.28. The van der Waals surface area contributed by atoms with E-state index in [-0.39, 0.29) is 5.69 Å². The zero-order chi connectivity index (χ0) is 12.1. The van der Waals surface area contributed by atoms with Gasteiger partial charge in [-0.1, -0.05) is 13.3 Å². The average molecular weight is 226 g/mol. The molecule has 88 valence electrons. The van der Waals surface area contributed by atoms with Gasteiger partial charge >= 0.3 is 0 Å². The lowest BCUT2D eigenvalue weighted by atomic mass is 10.2. The number of benzene rings is 1. The molecule has 0 spiro atoms. The second-order valence-electron chi connectivity index (χ2n) is 3.67. The summed E-state index contributed by atoms with van der Waals surface area (Å²) in [6, 6.07) is 3.64. The molecular formula is C11H15FN2O2. The Morgan fingerprint density at radius 3 is 2.75 bits per heavy atom. The average Bonchev–Trinajstić information content (AvgIpc) is 2.25. The molecular weight excluding hydrogens is 211 g/mol. The van der Waals surface area contributed by atoms with E-state index in [0.717, 1.165) is 25.5 Å². The van der Waals surface area contributed by atoms with E-state index in [9.17, 15) is 14.5 Å². The Morgan fingerprint density at radius 2 is 2.19 bits per heavy atom. The summed E-state index contributed by atoms with van der Waals surface area (Å²) in [5, 5.41) is 10.8. The van der Waals surface area contributed by atoms with Gasteiger partial charge in [-0.05, 0) is 18.6 Å². The van der Waals surface area contributed by atoms with Crippen LogP contribution in [0.5, 0.6) is 0 Å². The van der Waals surface area contributed by atoms with E-state index < -0.39 is 10.7 Å². The maximum absolute atomic E-state index is 12.9. The van der Waals surface area contributed by atoms with E-state index in [1.807, 2.05) is 6.92 Å². The summed E-state index contributed by atoms with van der Waals surface area (Å²) in [7, 11) is 1.77. The van der Waals surface area contributed by atoms with Gasteiger partial charge in [0.2, 0.25) is 0 Å². The predicted molar refractivity (Wildman–Crippen MR) is 61.2 cm³/mol. The Hall–Kier alpha value is -1.65. The van der Waals surface area contributed by atoms with Gasteiger partial charge in [-0.2, -0.15) is 0 Å². The first-order valence-electron chi connectivity index (χ1n) is 5.21. The number of anilines is 1. The summed E-state index contributed by atoms with van der Waals surface area (Å²) in [6.45, 7) is 2.77. The first kappa shape index (κ1) is 12.4. The van der Waals surface area contributed by atoms with E-state index in [2.05, 4.69) is 0 Å². The van der Waals surface area contributed by atoms with Gasteiger partial charge in [0.15, 0.2) is 0 Å². The third-order valence-electron chi connectivity index (χ3n) is 2.39. The molecule has 0 saturated heterocycles. The Labute approximate surface area is 93.8 Å². The zero-order valence-electron chi connectivity index (χ0n) is 9.44. The van der Waals surface area contributed by atoms with Crippen LogP contribution in [-0.4, -0.2) is 18.5 Å². The van der Waals surface area contributed by atoms with Crippen LogP contribution in [-0.2, 0) is 0 Å². The second kappa shape index (κ2) is 5.44. The summed E-state index contributed by atoms with van der Waals surface area (Å²) in [4.78, 5) is 12.0. The highest BCUT2D eigenvalue weighted by Gasteiger charge is 2.17. The lowest BCUT2D eigenvalue weighted by Crippen LogP contribution is -2.19. The van der Waals surface area contributed by atoms with Crippen molar-refractivity contribution in [2.24, 2.45) is 0 Å². The third kappa shape index (κ3) is 2.92. The molecule has 0 aliphatic rings. The molecule has 0 heterocycles. The lowest BCUT2D eigenvalue weighted by Gasteiger charge is -2.18. The van der Waals surface area contributed by atoms with Crippen LogP contribution in [0.15, 0.2) is 18.2 Å². The molecule has 0 fully saturated rings. The Kier molecular flexibility index (Phi) is 4.22. The van der Waals surface area contributed by atoms with Crippen LogP contribution in [0.2, 0.25) is 0 Å². The van der Waals surface area contributed by atoms with Crippen LogP contribution in [0.1, 0.15) is 19.8 Å². The molecule has 0 bridgehead atoms. The van der Waals surface area contributed by atoms with Gasteiger partial charge < -0.3 is 4.90 Å². The number of nitro benzene ring substituents is 1. The number of halogens is 1. The first-order valence-corrected chi connectivity index (χ1v) is 5.21. The number of nitro groups is 1. The van der Waals surface area contributed by atoms with Crippen molar-refractivity contribution in [3.05, 3.63) is 34.1 Å². The normalized spacial score (nSPS) is 10.2. The molecule has 0 atom stereocenters. The number of nitrogens with zero attached hydrogens (tertiary/aromatic N) is 2. The SMILES string of the molecule is CCCCN(C)c1ccc(F)cc1[N+](=O)[O-]. The molecule has 0 amide bonds. The molecule has 0 saturated carbocycles.